The standard InChI is InChI=1S/C32H23F6NO4/c33-31(34,35)24-14-25(32(36,37)38)16-27(15-24)43-19-22-8-6-20(7-9-22)17-39-28-11-10-26(12-23(28)13-29(39)30(40)41)42-18-21-4-2-1-3-5-21/h1-16H,17-19H2,(H,40,41). The summed E-state index contributed by atoms with van der Waals surface area (Å²) in [5.41, 5.74) is -0.000516. The molecule has 0 bridgehead atoms. The van der Waals surface area contributed by atoms with Crippen LogP contribution in [0.15, 0.2) is 97.1 Å². The van der Waals surface area contributed by atoms with Crippen molar-refractivity contribution in [2.45, 2.75) is 32.1 Å². The van der Waals surface area contributed by atoms with E-state index in [-0.39, 0.29) is 24.9 Å². The molecular weight excluding hydrogens is 576 g/mol. The van der Waals surface area contributed by atoms with E-state index in [1.807, 2.05) is 30.3 Å². The van der Waals surface area contributed by atoms with Gasteiger partial charge in [-0.3, -0.25) is 0 Å². The number of hydrogen-bond donors (Lipinski definition) is 1. The maximum absolute atomic E-state index is 13.1. The fourth-order valence-electron chi connectivity index (χ4n) is 4.53. The third-order valence-electron chi connectivity index (χ3n) is 6.67. The molecular formula is C32H23F6NO4. The van der Waals surface area contributed by atoms with Crippen molar-refractivity contribution in [2.75, 3.05) is 0 Å². The number of carboxylic acids is 1. The summed E-state index contributed by atoms with van der Waals surface area (Å²) in [4.78, 5) is 12.0. The lowest BCUT2D eigenvalue weighted by Gasteiger charge is -2.15. The van der Waals surface area contributed by atoms with Crippen molar-refractivity contribution in [3.05, 3.63) is 131 Å². The first kappa shape index (κ1) is 29.6. The molecule has 0 fully saturated rings. The van der Waals surface area contributed by atoms with Gasteiger partial charge in [0.25, 0.3) is 0 Å². The van der Waals surface area contributed by atoms with Gasteiger partial charge < -0.3 is 19.1 Å². The van der Waals surface area contributed by atoms with E-state index in [1.54, 1.807) is 53.1 Å². The predicted octanol–water partition coefficient (Wildman–Crippen LogP) is 8.58. The number of benzene rings is 4. The quantitative estimate of drug-likeness (QED) is 0.173. The van der Waals surface area contributed by atoms with Crippen molar-refractivity contribution in [1.82, 2.24) is 4.57 Å². The van der Waals surface area contributed by atoms with Crippen molar-refractivity contribution >= 4 is 16.9 Å². The van der Waals surface area contributed by atoms with E-state index in [2.05, 4.69) is 0 Å². The molecule has 0 saturated carbocycles. The minimum atomic E-state index is -4.98. The van der Waals surface area contributed by atoms with E-state index in [4.69, 9.17) is 9.47 Å². The van der Waals surface area contributed by atoms with Gasteiger partial charge in [-0.2, -0.15) is 26.3 Å². The monoisotopic (exact) mass is 599 g/mol. The van der Waals surface area contributed by atoms with Gasteiger partial charge >= 0.3 is 18.3 Å². The number of rotatable bonds is 9. The molecule has 5 nitrogen and oxygen atoms in total. The smallest absolute Gasteiger partial charge is 0.416 e. The summed E-state index contributed by atoms with van der Waals surface area (Å²) >= 11 is 0. The van der Waals surface area contributed by atoms with Gasteiger partial charge in [-0.25, -0.2) is 4.79 Å². The third-order valence-corrected chi connectivity index (χ3v) is 6.67. The molecule has 43 heavy (non-hydrogen) atoms. The van der Waals surface area contributed by atoms with Crippen LogP contribution in [-0.2, 0) is 32.1 Å². The maximum atomic E-state index is 13.1. The molecule has 0 amide bonds. The number of fused-ring (bicyclic) bond motifs is 1. The van der Waals surface area contributed by atoms with Crippen LogP contribution in [0.5, 0.6) is 11.5 Å². The van der Waals surface area contributed by atoms with E-state index in [0.717, 1.165) is 5.56 Å². The number of aromatic nitrogens is 1. The molecule has 4 aromatic carbocycles. The van der Waals surface area contributed by atoms with Gasteiger partial charge in [-0.15, -0.1) is 0 Å². The molecule has 1 N–H and O–H groups in total. The largest absolute Gasteiger partial charge is 0.489 e. The molecule has 0 aliphatic carbocycles. The minimum absolute atomic E-state index is 0.0382. The number of carbonyl (C=O) groups is 1. The molecule has 0 radical (unpaired) electrons. The number of halogens is 6. The lowest BCUT2D eigenvalue weighted by Crippen LogP contribution is -2.11. The Morgan fingerprint density at radius 3 is 1.79 bits per heavy atom. The fourth-order valence-corrected chi connectivity index (χ4v) is 4.53. The summed E-state index contributed by atoms with van der Waals surface area (Å²) in [5.74, 6) is -1.10. The van der Waals surface area contributed by atoms with E-state index in [1.165, 1.54) is 0 Å². The van der Waals surface area contributed by atoms with Crippen LogP contribution in [0.1, 0.15) is 38.3 Å². The molecule has 1 heterocycles. The molecule has 0 aliphatic rings. The molecule has 0 saturated heterocycles. The van der Waals surface area contributed by atoms with Crippen LogP contribution >= 0.6 is 0 Å². The highest BCUT2D eigenvalue weighted by Crippen LogP contribution is 2.38. The lowest BCUT2D eigenvalue weighted by molar-refractivity contribution is -0.143. The van der Waals surface area contributed by atoms with Crippen molar-refractivity contribution in [2.24, 2.45) is 0 Å². The molecule has 5 aromatic rings. The van der Waals surface area contributed by atoms with Crippen LogP contribution in [-0.4, -0.2) is 15.6 Å². The van der Waals surface area contributed by atoms with Crippen molar-refractivity contribution in [3.8, 4) is 11.5 Å². The van der Waals surface area contributed by atoms with Gasteiger partial charge in [0.2, 0.25) is 0 Å². The molecule has 11 heteroatoms. The van der Waals surface area contributed by atoms with Crippen LogP contribution in [0.3, 0.4) is 0 Å². The van der Waals surface area contributed by atoms with Crippen LogP contribution in [0.2, 0.25) is 0 Å². The topological polar surface area (TPSA) is 60.7 Å². The van der Waals surface area contributed by atoms with Crippen LogP contribution < -0.4 is 9.47 Å². The average molecular weight is 600 g/mol. The maximum Gasteiger partial charge on any atom is 0.416 e. The summed E-state index contributed by atoms with van der Waals surface area (Å²) < 4.78 is 91.5. The Labute approximate surface area is 241 Å². The number of carboxylic acid groups (broad SMARTS) is 1. The average Bonchev–Trinajstić information content (AvgIpc) is 3.33. The first-order chi connectivity index (χ1) is 20.4. The Hall–Kier alpha value is -4.93. The Morgan fingerprint density at radius 2 is 1.21 bits per heavy atom. The second kappa shape index (κ2) is 11.7. The van der Waals surface area contributed by atoms with Crippen LogP contribution in [0.4, 0.5) is 26.3 Å². The first-order valence-electron chi connectivity index (χ1n) is 12.9. The van der Waals surface area contributed by atoms with Gasteiger partial charge in [0.05, 0.1) is 11.1 Å². The summed E-state index contributed by atoms with van der Waals surface area (Å²) in [6.07, 6.45) is -9.95. The third kappa shape index (κ3) is 7.11. The van der Waals surface area contributed by atoms with Gasteiger partial charge in [0.1, 0.15) is 30.4 Å². The zero-order valence-corrected chi connectivity index (χ0v) is 22.2. The SMILES string of the molecule is O=C(O)c1cc2cc(OCc3ccccc3)ccc2n1Cc1ccc(COc2cc(C(F)(F)F)cc(C(F)(F)F)c2)cc1. The Morgan fingerprint density at radius 1 is 0.651 bits per heavy atom. The Balaban J connectivity index is 1.31. The number of ether oxygens (including phenoxy) is 2. The minimum Gasteiger partial charge on any atom is -0.489 e. The van der Waals surface area contributed by atoms with Crippen LogP contribution in [0.25, 0.3) is 10.9 Å². The summed E-state index contributed by atoms with van der Waals surface area (Å²) in [6, 6.07) is 24.1. The fraction of sp³-hybridized carbons (Fsp3) is 0.156. The normalized spacial score (nSPS) is 12.0. The number of aromatic carboxylic acids is 1. The molecule has 0 unspecified atom stereocenters. The summed E-state index contributed by atoms with van der Waals surface area (Å²) in [6.45, 7) is 0.267. The van der Waals surface area contributed by atoms with Gasteiger partial charge in [-0.05, 0) is 59.2 Å². The first-order valence-corrected chi connectivity index (χ1v) is 12.9. The molecule has 0 spiro atoms. The second-order valence-corrected chi connectivity index (χ2v) is 9.76. The van der Waals surface area contributed by atoms with Gasteiger partial charge in [0, 0.05) is 17.4 Å². The molecule has 1 aromatic heterocycles. The predicted molar refractivity (Wildman–Crippen MR) is 146 cm³/mol. The number of hydrogen-bond acceptors (Lipinski definition) is 3. The van der Waals surface area contributed by atoms with Crippen LogP contribution in [0, 0.1) is 0 Å². The summed E-state index contributed by atoms with van der Waals surface area (Å²) in [5, 5.41) is 10.5. The van der Waals surface area contributed by atoms with Gasteiger partial charge in [-0.1, -0.05) is 54.6 Å². The zero-order valence-electron chi connectivity index (χ0n) is 22.2. The van der Waals surface area contributed by atoms with Crippen molar-refractivity contribution in [3.63, 3.8) is 0 Å². The van der Waals surface area contributed by atoms with E-state index in [0.29, 0.717) is 46.5 Å². The second-order valence-electron chi connectivity index (χ2n) is 9.76. The zero-order chi connectivity index (χ0) is 30.8. The van der Waals surface area contributed by atoms with E-state index < -0.39 is 35.2 Å². The molecule has 0 aliphatic heterocycles. The highest BCUT2D eigenvalue weighted by molar-refractivity contribution is 5.95. The van der Waals surface area contributed by atoms with Crippen molar-refractivity contribution < 1.29 is 45.7 Å². The highest BCUT2D eigenvalue weighted by atomic mass is 19.4. The van der Waals surface area contributed by atoms with E-state index >= 15 is 0 Å². The molecule has 5 rings (SSSR count). The highest BCUT2D eigenvalue weighted by Gasteiger charge is 2.37. The Kier molecular flexibility index (Phi) is 8.08. The van der Waals surface area contributed by atoms with Crippen molar-refractivity contribution in [1.29, 1.82) is 0 Å². The van der Waals surface area contributed by atoms with Gasteiger partial charge in [0.15, 0.2) is 0 Å². The summed E-state index contributed by atoms with van der Waals surface area (Å²) in [7, 11) is 0. The number of nitrogens with zero attached hydrogens (tertiary/aromatic N) is 1. The van der Waals surface area contributed by atoms with E-state index in [9.17, 15) is 36.2 Å². The Bertz CT molecular complexity index is 1710. The number of alkyl halides is 6. The molecule has 222 valence electrons. The molecule has 0 atom stereocenters. The lowest BCUT2D eigenvalue weighted by atomic mass is 10.1.